The molecule has 8 heteroatoms. The summed E-state index contributed by atoms with van der Waals surface area (Å²) >= 11 is 0. The third-order valence-corrected chi connectivity index (χ3v) is 3.44. The molecular weight excluding hydrogens is 423 g/mol. The third kappa shape index (κ3) is 4.53. The highest BCUT2D eigenvalue weighted by Crippen LogP contribution is 2.32. The number of nitrogens with one attached hydrogen (secondary N) is 1. The van der Waals surface area contributed by atoms with Gasteiger partial charge in [0.05, 0.1) is 6.54 Å². The Hall–Kier alpha value is -1.97. The molecule has 7 nitrogen and oxygen atoms in total. The number of fused-ring (bicyclic) bond motifs is 1. The molecular formula is C16H21IN4O3. The van der Waals surface area contributed by atoms with Gasteiger partial charge in [-0.15, -0.1) is 24.0 Å². The number of guanidine groups is 1. The maximum atomic E-state index is 5.42. The molecule has 0 fully saturated rings. The zero-order valence-corrected chi connectivity index (χ0v) is 16.0. The van der Waals surface area contributed by atoms with Crippen LogP contribution in [-0.2, 0) is 13.1 Å². The molecule has 0 spiro atoms. The van der Waals surface area contributed by atoms with Crippen molar-refractivity contribution in [1.82, 2.24) is 15.4 Å². The van der Waals surface area contributed by atoms with Gasteiger partial charge in [-0.05, 0) is 24.6 Å². The molecule has 1 aromatic carbocycles. The average Bonchev–Trinajstić information content (AvgIpc) is 3.22. The molecule has 3 rings (SSSR count). The van der Waals surface area contributed by atoms with E-state index in [2.05, 4.69) is 20.4 Å². The van der Waals surface area contributed by atoms with E-state index < -0.39 is 0 Å². The maximum absolute atomic E-state index is 5.42. The summed E-state index contributed by atoms with van der Waals surface area (Å²) in [5.41, 5.74) is 1.93. The maximum Gasteiger partial charge on any atom is 0.231 e. The molecule has 0 radical (unpaired) electrons. The summed E-state index contributed by atoms with van der Waals surface area (Å²) in [4.78, 5) is 6.63. The Morgan fingerprint density at radius 2 is 2.12 bits per heavy atom. The van der Waals surface area contributed by atoms with Gasteiger partial charge >= 0.3 is 0 Å². The fraction of sp³-hybridized carbons (Fsp3) is 0.375. The summed E-state index contributed by atoms with van der Waals surface area (Å²) in [5, 5.41) is 7.15. The zero-order valence-electron chi connectivity index (χ0n) is 13.7. The van der Waals surface area contributed by atoms with Gasteiger partial charge in [0.1, 0.15) is 12.0 Å². The van der Waals surface area contributed by atoms with Crippen LogP contribution >= 0.6 is 24.0 Å². The molecule has 0 aliphatic carbocycles. The summed E-state index contributed by atoms with van der Waals surface area (Å²) in [6, 6.07) is 7.78. The van der Waals surface area contributed by atoms with Gasteiger partial charge in [0.15, 0.2) is 17.5 Å². The topological polar surface area (TPSA) is 72.1 Å². The van der Waals surface area contributed by atoms with Crippen molar-refractivity contribution < 1.29 is 14.0 Å². The largest absolute Gasteiger partial charge is 0.454 e. The summed E-state index contributed by atoms with van der Waals surface area (Å²) in [5.74, 6) is 2.40. The number of hydrogen-bond acceptors (Lipinski definition) is 5. The Bertz CT molecular complexity index is 676. The molecule has 0 unspecified atom stereocenters. The molecule has 0 amide bonds. The number of halogens is 1. The smallest absolute Gasteiger partial charge is 0.231 e. The lowest BCUT2D eigenvalue weighted by molar-refractivity contribution is 0.174. The SMILES string of the molecule is CCNC(=NCc1ccon1)N(C)Cc1ccc2c(c1)OCO2.I. The van der Waals surface area contributed by atoms with Crippen LogP contribution in [0.5, 0.6) is 11.5 Å². The Kier molecular flexibility index (Phi) is 6.71. The van der Waals surface area contributed by atoms with Gasteiger partial charge in [-0.3, -0.25) is 0 Å². The number of hydrogen-bond donors (Lipinski definition) is 1. The Morgan fingerprint density at radius 3 is 2.88 bits per heavy atom. The van der Waals surface area contributed by atoms with E-state index in [9.17, 15) is 0 Å². The van der Waals surface area contributed by atoms with Crippen LogP contribution in [0.3, 0.4) is 0 Å². The number of aromatic nitrogens is 1. The minimum Gasteiger partial charge on any atom is -0.454 e. The fourth-order valence-corrected chi connectivity index (χ4v) is 2.33. The van der Waals surface area contributed by atoms with Crippen molar-refractivity contribution in [3.05, 3.63) is 41.8 Å². The van der Waals surface area contributed by atoms with Gasteiger partial charge in [0, 0.05) is 26.2 Å². The molecule has 24 heavy (non-hydrogen) atoms. The highest BCUT2D eigenvalue weighted by Gasteiger charge is 2.14. The van der Waals surface area contributed by atoms with Gasteiger partial charge in [-0.1, -0.05) is 11.2 Å². The van der Waals surface area contributed by atoms with Crippen molar-refractivity contribution in [2.45, 2.75) is 20.0 Å². The van der Waals surface area contributed by atoms with Gasteiger partial charge in [0.25, 0.3) is 0 Å². The van der Waals surface area contributed by atoms with Crippen LogP contribution in [0.15, 0.2) is 40.0 Å². The second-order valence-electron chi connectivity index (χ2n) is 5.20. The first-order valence-electron chi connectivity index (χ1n) is 7.53. The van der Waals surface area contributed by atoms with Gasteiger partial charge in [-0.2, -0.15) is 0 Å². The van der Waals surface area contributed by atoms with Crippen LogP contribution in [0.25, 0.3) is 0 Å². The second-order valence-corrected chi connectivity index (χ2v) is 5.20. The van der Waals surface area contributed by atoms with Crippen LogP contribution in [0, 0.1) is 0 Å². The van der Waals surface area contributed by atoms with Crippen LogP contribution in [0.2, 0.25) is 0 Å². The number of aliphatic imine (C=N–C) groups is 1. The molecule has 0 bridgehead atoms. The quantitative estimate of drug-likeness (QED) is 0.435. The van der Waals surface area contributed by atoms with Crippen LogP contribution in [0.1, 0.15) is 18.2 Å². The summed E-state index contributed by atoms with van der Waals surface area (Å²) < 4.78 is 15.6. The van der Waals surface area contributed by atoms with Crippen LogP contribution < -0.4 is 14.8 Å². The van der Waals surface area contributed by atoms with Crippen molar-refractivity contribution in [3.8, 4) is 11.5 Å². The van der Waals surface area contributed by atoms with Crippen molar-refractivity contribution in [2.24, 2.45) is 4.99 Å². The third-order valence-electron chi connectivity index (χ3n) is 3.44. The average molecular weight is 444 g/mol. The van der Waals surface area contributed by atoms with E-state index >= 15 is 0 Å². The van der Waals surface area contributed by atoms with E-state index in [4.69, 9.17) is 14.0 Å². The molecule has 2 aromatic rings. The van der Waals surface area contributed by atoms with Crippen LogP contribution in [0.4, 0.5) is 0 Å². The van der Waals surface area contributed by atoms with E-state index in [1.54, 1.807) is 6.26 Å². The number of ether oxygens (including phenoxy) is 2. The molecule has 2 heterocycles. The van der Waals surface area contributed by atoms with Gasteiger partial charge in [-0.25, -0.2) is 4.99 Å². The predicted octanol–water partition coefficient (Wildman–Crippen LogP) is 2.62. The minimum absolute atomic E-state index is 0. The van der Waals surface area contributed by atoms with Crippen molar-refractivity contribution in [3.63, 3.8) is 0 Å². The van der Waals surface area contributed by atoms with E-state index in [-0.39, 0.29) is 30.8 Å². The van der Waals surface area contributed by atoms with Crippen LogP contribution in [-0.4, -0.2) is 36.4 Å². The number of nitrogens with zero attached hydrogens (tertiary/aromatic N) is 3. The Labute approximate surface area is 158 Å². The number of rotatable bonds is 5. The Balaban J connectivity index is 0.00000208. The fourth-order valence-electron chi connectivity index (χ4n) is 2.33. The highest BCUT2D eigenvalue weighted by atomic mass is 127. The molecule has 0 atom stereocenters. The molecule has 1 aliphatic rings. The second kappa shape index (κ2) is 8.76. The minimum atomic E-state index is 0. The van der Waals surface area contributed by atoms with Crippen molar-refractivity contribution in [1.29, 1.82) is 0 Å². The molecule has 130 valence electrons. The number of benzene rings is 1. The first kappa shape index (κ1) is 18.4. The first-order chi connectivity index (χ1) is 11.3. The van der Waals surface area contributed by atoms with E-state index in [1.807, 2.05) is 38.2 Å². The predicted molar refractivity (Wildman–Crippen MR) is 101 cm³/mol. The standard InChI is InChI=1S/C16H20N4O3.HI/c1-3-17-16(18-9-13-6-7-23-19-13)20(2)10-12-4-5-14-15(8-12)22-11-21-14;/h4-8H,3,9-11H2,1-2H3,(H,17,18);1H. The lowest BCUT2D eigenvalue weighted by atomic mass is 10.2. The van der Waals surface area contributed by atoms with E-state index in [0.29, 0.717) is 13.1 Å². The lowest BCUT2D eigenvalue weighted by Gasteiger charge is -2.22. The first-order valence-corrected chi connectivity index (χ1v) is 7.53. The summed E-state index contributed by atoms with van der Waals surface area (Å²) in [6.45, 7) is 4.31. The molecule has 0 saturated heterocycles. The highest BCUT2D eigenvalue weighted by molar-refractivity contribution is 14.0. The van der Waals surface area contributed by atoms with Gasteiger partial charge in [0.2, 0.25) is 6.79 Å². The monoisotopic (exact) mass is 444 g/mol. The zero-order chi connectivity index (χ0) is 16.1. The van der Waals surface area contributed by atoms with E-state index in [0.717, 1.165) is 35.3 Å². The van der Waals surface area contributed by atoms with Crippen molar-refractivity contribution in [2.75, 3.05) is 20.4 Å². The molecule has 0 saturated carbocycles. The van der Waals surface area contributed by atoms with Gasteiger partial charge < -0.3 is 24.2 Å². The summed E-state index contributed by atoms with van der Waals surface area (Å²) in [7, 11) is 1.99. The molecule has 1 aliphatic heterocycles. The molecule has 1 N–H and O–H groups in total. The summed E-state index contributed by atoms with van der Waals surface area (Å²) in [6.07, 6.45) is 1.55. The lowest BCUT2D eigenvalue weighted by Crippen LogP contribution is -2.38. The van der Waals surface area contributed by atoms with E-state index in [1.165, 1.54) is 0 Å². The molecule has 1 aromatic heterocycles. The van der Waals surface area contributed by atoms with Crippen molar-refractivity contribution >= 4 is 29.9 Å². The Morgan fingerprint density at radius 1 is 1.29 bits per heavy atom. The normalized spacial score (nSPS) is 12.7.